The van der Waals surface area contributed by atoms with Crippen molar-refractivity contribution in [2.45, 2.75) is 18.0 Å². The molecule has 1 atom stereocenters. The molecule has 0 saturated carbocycles. The maximum Gasteiger partial charge on any atom is 0.438 e. The number of carbonyl (C=O) groups is 1. The first-order valence-corrected chi connectivity index (χ1v) is 9.68. The average molecular weight is 461 g/mol. The lowest BCUT2D eigenvalue weighted by Gasteiger charge is -2.41. The molecule has 0 aliphatic carbocycles. The Morgan fingerprint density at radius 1 is 0.818 bits per heavy atom. The highest BCUT2D eigenvalue weighted by atomic mass is 19.4. The highest BCUT2D eigenvalue weighted by molar-refractivity contribution is 6.12. The Balaban J connectivity index is 1.90. The van der Waals surface area contributed by atoms with Gasteiger partial charge in [0.2, 0.25) is 5.78 Å². The third-order valence-corrected chi connectivity index (χ3v) is 5.57. The number of nitrogens with zero attached hydrogens (tertiary/aromatic N) is 2. The predicted octanol–water partition coefficient (Wildman–Crippen LogP) is 6.25. The lowest BCUT2D eigenvalue weighted by molar-refractivity contribution is -0.186. The zero-order valence-electron chi connectivity index (χ0n) is 16.5. The first-order valence-electron chi connectivity index (χ1n) is 9.68. The molecule has 10 heteroatoms. The van der Waals surface area contributed by atoms with E-state index in [4.69, 9.17) is 0 Å². The van der Waals surface area contributed by atoms with Crippen molar-refractivity contribution in [3.05, 3.63) is 83.9 Å². The molecule has 0 amide bonds. The minimum Gasteiger partial charge on any atom is -0.348 e. The van der Waals surface area contributed by atoms with Crippen molar-refractivity contribution in [3.8, 4) is 11.4 Å². The Bertz CT molecular complexity index is 1390. The third-order valence-electron chi connectivity index (χ3n) is 5.57. The first kappa shape index (κ1) is 21.0. The molecule has 0 saturated heterocycles. The summed E-state index contributed by atoms with van der Waals surface area (Å²) in [6.45, 7) is 0. The monoisotopic (exact) mass is 461 g/mol. The molecule has 168 valence electrons. The standard InChI is InChI=1S/C23H13F6N3O/c24-22(25,26)13-10-11-15-16(12-13)20-30-17-8-4-5-9-18(17)32(20)21(19(15)33,23(27,28)29)31-14-6-2-1-3-7-14/h1-12,31H. The number of ketones is 1. The van der Waals surface area contributed by atoms with E-state index < -0.39 is 40.8 Å². The van der Waals surface area contributed by atoms with E-state index in [0.717, 1.165) is 6.07 Å². The second kappa shape index (κ2) is 6.84. The number of Topliss-reactive ketones (excluding diaryl/α,β-unsaturated/α-hetero) is 1. The van der Waals surface area contributed by atoms with Crippen molar-refractivity contribution in [3.63, 3.8) is 0 Å². The Morgan fingerprint density at radius 2 is 1.48 bits per heavy atom. The number of hydrogen-bond acceptors (Lipinski definition) is 3. The number of benzene rings is 3. The van der Waals surface area contributed by atoms with Gasteiger partial charge in [0.05, 0.1) is 16.6 Å². The van der Waals surface area contributed by atoms with Crippen molar-refractivity contribution in [2.24, 2.45) is 0 Å². The van der Waals surface area contributed by atoms with Crippen LogP contribution >= 0.6 is 0 Å². The lowest BCUT2D eigenvalue weighted by Crippen LogP contribution is -2.61. The van der Waals surface area contributed by atoms with Crippen LogP contribution < -0.4 is 5.32 Å². The molecule has 4 aromatic rings. The quantitative estimate of drug-likeness (QED) is 0.359. The number of hydrogen-bond donors (Lipinski definition) is 1. The molecular weight excluding hydrogens is 448 g/mol. The number of aromatic nitrogens is 2. The smallest absolute Gasteiger partial charge is 0.348 e. The Labute approximate surface area is 182 Å². The summed E-state index contributed by atoms with van der Waals surface area (Å²) in [6.07, 6.45) is -9.94. The number of fused-ring (bicyclic) bond motifs is 5. The molecule has 33 heavy (non-hydrogen) atoms. The van der Waals surface area contributed by atoms with E-state index in [0.29, 0.717) is 16.7 Å². The van der Waals surface area contributed by atoms with Gasteiger partial charge < -0.3 is 5.32 Å². The number of imidazole rings is 1. The van der Waals surface area contributed by atoms with Crippen molar-refractivity contribution < 1.29 is 31.1 Å². The highest BCUT2D eigenvalue weighted by Crippen LogP contribution is 2.49. The second-order valence-corrected chi connectivity index (χ2v) is 7.55. The topological polar surface area (TPSA) is 46.9 Å². The van der Waals surface area contributed by atoms with Crippen molar-refractivity contribution in [1.82, 2.24) is 9.55 Å². The maximum absolute atomic E-state index is 14.9. The second-order valence-electron chi connectivity index (χ2n) is 7.55. The molecule has 1 N–H and O–H groups in total. The fraction of sp³-hybridized carbons (Fsp3) is 0.130. The van der Waals surface area contributed by atoms with Crippen LogP contribution in [0, 0.1) is 0 Å². The Hall–Kier alpha value is -3.82. The van der Waals surface area contributed by atoms with Gasteiger partial charge in [-0.15, -0.1) is 0 Å². The van der Waals surface area contributed by atoms with Crippen LogP contribution in [0.15, 0.2) is 72.8 Å². The van der Waals surface area contributed by atoms with Gasteiger partial charge in [0, 0.05) is 16.8 Å². The lowest BCUT2D eigenvalue weighted by atomic mass is 9.87. The summed E-state index contributed by atoms with van der Waals surface area (Å²) in [5, 5.41) is 2.33. The fourth-order valence-electron chi connectivity index (χ4n) is 4.12. The van der Waals surface area contributed by atoms with Crippen LogP contribution in [0.2, 0.25) is 0 Å². The molecule has 0 spiro atoms. The number of halogens is 6. The third kappa shape index (κ3) is 3.00. The molecule has 4 nitrogen and oxygen atoms in total. The van der Waals surface area contributed by atoms with Crippen molar-refractivity contribution in [1.29, 1.82) is 0 Å². The zero-order chi connectivity index (χ0) is 23.6. The van der Waals surface area contributed by atoms with Gasteiger partial charge in [0.25, 0.3) is 5.66 Å². The van der Waals surface area contributed by atoms with Crippen LogP contribution in [0.25, 0.3) is 22.4 Å². The molecule has 1 unspecified atom stereocenters. The number of anilines is 1. The van der Waals surface area contributed by atoms with Gasteiger partial charge in [-0.05, 0) is 42.5 Å². The van der Waals surface area contributed by atoms with Crippen molar-refractivity contribution in [2.75, 3.05) is 5.32 Å². The first-order chi connectivity index (χ1) is 15.5. The summed E-state index contributed by atoms with van der Waals surface area (Å²) < 4.78 is 85.3. The molecule has 0 fully saturated rings. The van der Waals surface area contributed by atoms with E-state index in [-0.39, 0.29) is 22.3 Å². The number of carbonyl (C=O) groups excluding carboxylic acids is 1. The van der Waals surface area contributed by atoms with E-state index in [9.17, 15) is 31.1 Å². The maximum atomic E-state index is 14.9. The molecule has 1 aliphatic heterocycles. The molecule has 0 bridgehead atoms. The van der Waals surface area contributed by atoms with Gasteiger partial charge in [-0.1, -0.05) is 30.3 Å². The number of nitrogens with one attached hydrogen (secondary N) is 1. The summed E-state index contributed by atoms with van der Waals surface area (Å²) in [6, 6.07) is 15.1. The number of para-hydroxylation sites is 3. The molecule has 1 aliphatic rings. The molecule has 3 aromatic carbocycles. The summed E-state index contributed by atoms with van der Waals surface area (Å²) in [4.78, 5) is 17.7. The molecule has 5 rings (SSSR count). The summed E-state index contributed by atoms with van der Waals surface area (Å²) in [7, 11) is 0. The van der Waals surface area contributed by atoms with E-state index >= 15 is 0 Å². The highest BCUT2D eigenvalue weighted by Gasteiger charge is 2.65. The van der Waals surface area contributed by atoms with E-state index in [2.05, 4.69) is 10.3 Å². The molecule has 0 radical (unpaired) electrons. The number of rotatable bonds is 2. The van der Waals surface area contributed by atoms with Crippen LogP contribution in [-0.4, -0.2) is 21.5 Å². The summed E-state index contributed by atoms with van der Waals surface area (Å²) in [5.74, 6) is -1.82. The Kier molecular flexibility index (Phi) is 4.36. The average Bonchev–Trinajstić information content (AvgIpc) is 3.15. The van der Waals surface area contributed by atoms with Crippen LogP contribution in [0.1, 0.15) is 15.9 Å². The summed E-state index contributed by atoms with van der Waals surface area (Å²) >= 11 is 0. The van der Waals surface area contributed by atoms with E-state index in [1.807, 2.05) is 0 Å². The molecule has 2 heterocycles. The SMILES string of the molecule is O=C1c2ccc(C(F)(F)F)cc2-c2nc3ccccc3n2C1(Nc1ccccc1)C(F)(F)F. The number of alkyl halides is 6. The predicted molar refractivity (Wildman–Crippen MR) is 109 cm³/mol. The van der Waals surface area contributed by atoms with Crippen LogP contribution in [0.4, 0.5) is 32.0 Å². The zero-order valence-corrected chi connectivity index (χ0v) is 16.5. The normalized spacial score (nSPS) is 18.2. The van der Waals surface area contributed by atoms with Gasteiger partial charge >= 0.3 is 12.4 Å². The fourth-order valence-corrected chi connectivity index (χ4v) is 4.12. The minimum atomic E-state index is -5.18. The van der Waals surface area contributed by atoms with Gasteiger partial charge in [-0.3, -0.25) is 9.36 Å². The minimum absolute atomic E-state index is 0.00210. The molecule has 1 aromatic heterocycles. The summed E-state index contributed by atoms with van der Waals surface area (Å²) in [5.41, 5.74) is -5.19. The van der Waals surface area contributed by atoms with Gasteiger partial charge in [0.1, 0.15) is 5.82 Å². The van der Waals surface area contributed by atoms with Gasteiger partial charge in [-0.2, -0.15) is 26.3 Å². The van der Waals surface area contributed by atoms with Gasteiger partial charge in [-0.25, -0.2) is 4.98 Å². The van der Waals surface area contributed by atoms with E-state index in [1.165, 1.54) is 48.5 Å². The van der Waals surface area contributed by atoms with Crippen LogP contribution in [0.5, 0.6) is 0 Å². The van der Waals surface area contributed by atoms with E-state index in [1.54, 1.807) is 6.07 Å². The Morgan fingerprint density at radius 3 is 2.15 bits per heavy atom. The molecular formula is C23H13F6N3O. The largest absolute Gasteiger partial charge is 0.438 e. The van der Waals surface area contributed by atoms with Gasteiger partial charge in [0.15, 0.2) is 0 Å². The van der Waals surface area contributed by atoms with Crippen LogP contribution in [0.3, 0.4) is 0 Å². The van der Waals surface area contributed by atoms with Crippen molar-refractivity contribution >= 4 is 22.5 Å². The van der Waals surface area contributed by atoms with Crippen LogP contribution in [-0.2, 0) is 11.8 Å².